The predicted molar refractivity (Wildman–Crippen MR) is 105 cm³/mol. The smallest absolute Gasteiger partial charge is 0.257 e. The molecule has 0 bridgehead atoms. The monoisotopic (exact) mass is 409 g/mol. The Hall–Kier alpha value is -1.83. The van der Waals surface area contributed by atoms with Gasteiger partial charge in [-0.1, -0.05) is 6.07 Å². The second-order valence-corrected chi connectivity index (χ2v) is 7.52. The van der Waals surface area contributed by atoms with Crippen LogP contribution in [0.5, 0.6) is 11.6 Å². The number of halogens is 2. The summed E-state index contributed by atoms with van der Waals surface area (Å²) in [6, 6.07) is 8.86. The maximum Gasteiger partial charge on any atom is 0.257 e. The van der Waals surface area contributed by atoms with E-state index in [4.69, 9.17) is 16.5 Å². The van der Waals surface area contributed by atoms with Gasteiger partial charge in [0.05, 0.1) is 6.20 Å². The molecule has 2 N–H and O–H groups in total. The van der Waals surface area contributed by atoms with Gasteiger partial charge in [-0.25, -0.2) is 14.2 Å². The Balaban J connectivity index is 1.74. The molecule has 5 nitrogen and oxygen atoms in total. The number of rotatable bonds is 6. The molecule has 1 aromatic carbocycles. The van der Waals surface area contributed by atoms with Crippen LogP contribution in [0.4, 0.5) is 4.39 Å². The van der Waals surface area contributed by atoms with Gasteiger partial charge in [-0.15, -0.1) is 11.8 Å². The highest BCUT2D eigenvalue weighted by atomic mass is 35.5. The summed E-state index contributed by atoms with van der Waals surface area (Å²) in [7, 11) is 0. The number of thioether (sulfide) groups is 1. The SMILES string of the molecule is CSc1cccc(Oc2ncc(F)cc2C(=O)NC2CCC(NCl)CC2)c1. The Bertz CT molecular complexity index is 800. The number of pyridine rings is 1. The highest BCUT2D eigenvalue weighted by molar-refractivity contribution is 7.98. The van der Waals surface area contributed by atoms with Gasteiger partial charge in [0.25, 0.3) is 5.91 Å². The van der Waals surface area contributed by atoms with Crippen LogP contribution in [0.3, 0.4) is 0 Å². The van der Waals surface area contributed by atoms with E-state index in [1.165, 1.54) is 0 Å². The largest absolute Gasteiger partial charge is 0.438 e. The van der Waals surface area contributed by atoms with Gasteiger partial charge in [0.1, 0.15) is 17.1 Å². The molecule has 0 radical (unpaired) electrons. The molecule has 1 aliphatic rings. The number of aromatic nitrogens is 1. The molecule has 2 aromatic rings. The van der Waals surface area contributed by atoms with E-state index >= 15 is 0 Å². The Labute approximate surface area is 167 Å². The first-order valence-corrected chi connectivity index (χ1v) is 10.3. The lowest BCUT2D eigenvalue weighted by molar-refractivity contribution is 0.0921. The van der Waals surface area contributed by atoms with Gasteiger partial charge in [0.2, 0.25) is 5.88 Å². The minimum absolute atomic E-state index is 0.0229. The van der Waals surface area contributed by atoms with Gasteiger partial charge in [-0.05, 0) is 68.0 Å². The average molecular weight is 410 g/mol. The summed E-state index contributed by atoms with van der Waals surface area (Å²) < 4.78 is 19.5. The van der Waals surface area contributed by atoms with Crippen LogP contribution in [0, 0.1) is 5.82 Å². The second-order valence-electron chi connectivity index (χ2n) is 6.42. The second kappa shape index (κ2) is 9.39. The summed E-state index contributed by atoms with van der Waals surface area (Å²) in [6.45, 7) is 0. The van der Waals surface area contributed by atoms with E-state index in [1.54, 1.807) is 17.8 Å². The number of nitrogens with zero attached hydrogens (tertiary/aromatic N) is 1. The molecule has 144 valence electrons. The molecular weight excluding hydrogens is 389 g/mol. The van der Waals surface area contributed by atoms with E-state index in [0.717, 1.165) is 42.8 Å². The molecule has 0 spiro atoms. The molecular formula is C19H21ClFN3O2S. The molecule has 3 rings (SSSR count). The van der Waals surface area contributed by atoms with Crippen molar-refractivity contribution >= 4 is 29.4 Å². The number of carbonyl (C=O) groups is 1. The van der Waals surface area contributed by atoms with Crippen molar-refractivity contribution in [3.8, 4) is 11.6 Å². The van der Waals surface area contributed by atoms with Gasteiger partial charge < -0.3 is 10.1 Å². The van der Waals surface area contributed by atoms with Crippen molar-refractivity contribution in [2.24, 2.45) is 0 Å². The summed E-state index contributed by atoms with van der Waals surface area (Å²) in [6.07, 6.45) is 6.38. The van der Waals surface area contributed by atoms with Crippen LogP contribution >= 0.6 is 23.5 Å². The van der Waals surface area contributed by atoms with Crippen LogP contribution < -0.4 is 14.9 Å². The first-order valence-electron chi connectivity index (χ1n) is 8.73. The number of ether oxygens (including phenoxy) is 1. The lowest BCUT2D eigenvalue weighted by Gasteiger charge is -2.28. The van der Waals surface area contributed by atoms with Gasteiger partial charge in [-0.3, -0.25) is 4.79 Å². The number of amides is 1. The van der Waals surface area contributed by atoms with Crippen molar-refractivity contribution in [2.75, 3.05) is 6.26 Å². The number of hydrogen-bond acceptors (Lipinski definition) is 5. The van der Waals surface area contributed by atoms with E-state index in [-0.39, 0.29) is 29.4 Å². The topological polar surface area (TPSA) is 63.2 Å². The molecule has 1 amide bonds. The fraction of sp³-hybridized carbons (Fsp3) is 0.368. The van der Waals surface area contributed by atoms with E-state index in [1.807, 2.05) is 24.5 Å². The van der Waals surface area contributed by atoms with Crippen molar-refractivity contribution in [3.05, 3.63) is 47.9 Å². The zero-order valence-corrected chi connectivity index (χ0v) is 16.4. The summed E-state index contributed by atoms with van der Waals surface area (Å²) >= 11 is 7.24. The molecule has 0 aliphatic heterocycles. The van der Waals surface area contributed by atoms with Crippen LogP contribution in [0.1, 0.15) is 36.0 Å². The summed E-state index contributed by atoms with van der Waals surface area (Å²) in [5.41, 5.74) is 0.0853. The number of benzene rings is 1. The molecule has 1 fully saturated rings. The van der Waals surface area contributed by atoms with Gasteiger partial charge in [-0.2, -0.15) is 0 Å². The maximum atomic E-state index is 13.7. The Morgan fingerprint density at radius 1 is 1.26 bits per heavy atom. The molecule has 1 aromatic heterocycles. The Kier molecular flexibility index (Phi) is 6.93. The fourth-order valence-electron chi connectivity index (χ4n) is 3.06. The van der Waals surface area contributed by atoms with Crippen LogP contribution in [0.2, 0.25) is 0 Å². The normalized spacial score (nSPS) is 19.5. The maximum absolute atomic E-state index is 13.7. The minimum Gasteiger partial charge on any atom is -0.438 e. The average Bonchev–Trinajstić information content (AvgIpc) is 2.70. The van der Waals surface area contributed by atoms with Crippen LogP contribution in [0.25, 0.3) is 0 Å². The van der Waals surface area contributed by atoms with Crippen molar-refractivity contribution in [1.29, 1.82) is 0 Å². The van der Waals surface area contributed by atoms with Crippen LogP contribution in [0.15, 0.2) is 41.4 Å². The third-order valence-corrected chi connectivity index (χ3v) is 5.57. The molecule has 0 atom stereocenters. The molecule has 8 heteroatoms. The molecule has 1 heterocycles. The van der Waals surface area contributed by atoms with Crippen molar-refractivity contribution in [3.63, 3.8) is 0 Å². The molecule has 1 aliphatic carbocycles. The Morgan fingerprint density at radius 2 is 2.00 bits per heavy atom. The zero-order chi connectivity index (χ0) is 19.2. The first-order chi connectivity index (χ1) is 13.1. The number of carbonyl (C=O) groups excluding carboxylic acids is 1. The third kappa shape index (κ3) is 5.34. The fourth-order valence-corrected chi connectivity index (χ4v) is 3.72. The zero-order valence-electron chi connectivity index (χ0n) is 14.9. The molecule has 0 saturated heterocycles. The minimum atomic E-state index is -0.583. The summed E-state index contributed by atoms with van der Waals surface area (Å²) in [4.78, 5) is 20.4. The van der Waals surface area contributed by atoms with Crippen LogP contribution in [-0.4, -0.2) is 29.2 Å². The number of nitrogens with one attached hydrogen (secondary N) is 2. The van der Waals surface area contributed by atoms with Gasteiger partial charge in [0.15, 0.2) is 0 Å². The lowest BCUT2D eigenvalue weighted by atomic mass is 9.91. The first kappa shape index (κ1) is 19.9. The summed E-state index contributed by atoms with van der Waals surface area (Å²) in [5.74, 6) is -0.340. The van der Waals surface area contributed by atoms with E-state index in [2.05, 4.69) is 15.1 Å². The lowest BCUT2D eigenvalue weighted by Crippen LogP contribution is -2.40. The van der Waals surface area contributed by atoms with Gasteiger partial charge >= 0.3 is 0 Å². The van der Waals surface area contributed by atoms with E-state index in [0.29, 0.717) is 5.75 Å². The summed E-state index contributed by atoms with van der Waals surface area (Å²) in [5, 5.41) is 2.96. The quantitative estimate of drug-likeness (QED) is 0.542. The predicted octanol–water partition coefficient (Wildman–Crippen LogP) is 4.52. The van der Waals surface area contributed by atoms with Gasteiger partial charge in [0, 0.05) is 17.0 Å². The highest BCUT2D eigenvalue weighted by Gasteiger charge is 2.24. The Morgan fingerprint density at radius 3 is 2.70 bits per heavy atom. The van der Waals surface area contributed by atoms with Crippen molar-refractivity contribution < 1.29 is 13.9 Å². The van der Waals surface area contributed by atoms with E-state index < -0.39 is 5.82 Å². The number of hydrogen-bond donors (Lipinski definition) is 2. The molecule has 27 heavy (non-hydrogen) atoms. The van der Waals surface area contributed by atoms with Crippen molar-refractivity contribution in [1.82, 2.24) is 15.1 Å². The highest BCUT2D eigenvalue weighted by Crippen LogP contribution is 2.27. The van der Waals surface area contributed by atoms with Crippen LogP contribution in [-0.2, 0) is 0 Å². The van der Waals surface area contributed by atoms with E-state index in [9.17, 15) is 9.18 Å². The third-order valence-electron chi connectivity index (χ3n) is 4.53. The molecule has 0 unspecified atom stereocenters. The molecule has 1 saturated carbocycles. The standard InChI is InChI=1S/C19H21ClFN3O2S/c1-27-16-4-2-3-15(10-16)26-19-17(9-12(21)11-22-19)18(25)23-13-5-7-14(24-20)8-6-13/h2-4,9-11,13-14,24H,5-8H2,1H3,(H,23,25). The van der Waals surface area contributed by atoms with Crippen molar-refractivity contribution in [2.45, 2.75) is 42.7 Å².